The SMILES string of the molecule is CCOC(=O)c1ccc(OC[C@H](O)CN2CCN(c3ccccc3OC)CC2)cc1. The zero-order chi connectivity index (χ0) is 21.3. The number of esters is 1. The van der Waals surface area contributed by atoms with Gasteiger partial charge in [-0.3, -0.25) is 4.90 Å². The topological polar surface area (TPSA) is 71.5 Å². The molecule has 2 aromatic rings. The van der Waals surface area contributed by atoms with Crippen LogP contribution in [0.1, 0.15) is 17.3 Å². The molecule has 0 radical (unpaired) electrons. The van der Waals surface area contributed by atoms with Crippen LogP contribution in [0.15, 0.2) is 48.5 Å². The molecule has 3 rings (SSSR count). The third kappa shape index (κ3) is 5.87. The molecule has 30 heavy (non-hydrogen) atoms. The van der Waals surface area contributed by atoms with Gasteiger partial charge >= 0.3 is 5.97 Å². The van der Waals surface area contributed by atoms with E-state index in [1.807, 2.05) is 18.2 Å². The highest BCUT2D eigenvalue weighted by Crippen LogP contribution is 2.28. The minimum Gasteiger partial charge on any atom is -0.495 e. The van der Waals surface area contributed by atoms with Gasteiger partial charge < -0.3 is 24.2 Å². The first kappa shape index (κ1) is 21.9. The number of para-hydroxylation sites is 2. The van der Waals surface area contributed by atoms with Crippen LogP contribution in [0.25, 0.3) is 0 Å². The Morgan fingerprint density at radius 3 is 2.43 bits per heavy atom. The van der Waals surface area contributed by atoms with Crippen LogP contribution in [0.2, 0.25) is 0 Å². The quantitative estimate of drug-likeness (QED) is 0.632. The minimum absolute atomic E-state index is 0.200. The molecule has 7 heteroatoms. The predicted octanol–water partition coefficient (Wildman–Crippen LogP) is 2.43. The van der Waals surface area contributed by atoms with Crippen molar-refractivity contribution in [1.29, 1.82) is 0 Å². The third-order valence-electron chi connectivity index (χ3n) is 5.07. The fourth-order valence-corrected chi connectivity index (χ4v) is 3.51. The van der Waals surface area contributed by atoms with E-state index in [0.29, 0.717) is 24.5 Å². The molecule has 0 aromatic heterocycles. The Morgan fingerprint density at radius 2 is 1.77 bits per heavy atom. The number of β-amino-alcohol motifs (C(OH)–C–C–N with tert-alkyl or cyclic N) is 1. The summed E-state index contributed by atoms with van der Waals surface area (Å²) >= 11 is 0. The molecular formula is C23H30N2O5. The van der Waals surface area contributed by atoms with Gasteiger partial charge in [-0.25, -0.2) is 4.79 Å². The molecule has 1 N–H and O–H groups in total. The van der Waals surface area contributed by atoms with E-state index in [1.54, 1.807) is 38.3 Å². The van der Waals surface area contributed by atoms with Gasteiger partial charge in [0.2, 0.25) is 0 Å². The largest absolute Gasteiger partial charge is 0.495 e. The molecule has 0 unspecified atom stereocenters. The Balaban J connectivity index is 1.42. The number of benzene rings is 2. The lowest BCUT2D eigenvalue weighted by Gasteiger charge is -2.37. The summed E-state index contributed by atoms with van der Waals surface area (Å²) in [6.07, 6.45) is -0.590. The standard InChI is InChI=1S/C23H30N2O5/c1-3-29-23(27)18-8-10-20(11-9-18)30-17-19(26)16-24-12-14-25(15-13-24)21-6-4-5-7-22(21)28-2/h4-11,19,26H,3,12-17H2,1-2H3/t19-/m1/s1. The molecule has 1 fully saturated rings. The number of hydrogen-bond donors (Lipinski definition) is 1. The van der Waals surface area contributed by atoms with Gasteiger partial charge in [-0.2, -0.15) is 0 Å². The van der Waals surface area contributed by atoms with Crippen LogP contribution in [0, 0.1) is 0 Å². The number of methoxy groups -OCH3 is 1. The van der Waals surface area contributed by atoms with Crippen molar-refractivity contribution in [2.24, 2.45) is 0 Å². The number of carbonyl (C=O) groups excluding carboxylic acids is 1. The van der Waals surface area contributed by atoms with E-state index in [2.05, 4.69) is 15.9 Å². The zero-order valence-electron chi connectivity index (χ0n) is 17.6. The lowest BCUT2D eigenvalue weighted by atomic mass is 10.2. The molecule has 1 saturated heterocycles. The summed E-state index contributed by atoms with van der Waals surface area (Å²) in [5.41, 5.74) is 1.59. The lowest BCUT2D eigenvalue weighted by molar-refractivity contribution is 0.0525. The molecule has 0 spiro atoms. The summed E-state index contributed by atoms with van der Waals surface area (Å²) in [5.74, 6) is 1.15. The second-order valence-corrected chi connectivity index (χ2v) is 7.17. The number of rotatable bonds is 9. The van der Waals surface area contributed by atoms with Crippen molar-refractivity contribution >= 4 is 11.7 Å². The number of hydrogen-bond acceptors (Lipinski definition) is 7. The lowest BCUT2D eigenvalue weighted by Crippen LogP contribution is -2.49. The average Bonchev–Trinajstić information content (AvgIpc) is 2.78. The number of nitrogens with zero attached hydrogens (tertiary/aromatic N) is 2. The zero-order valence-corrected chi connectivity index (χ0v) is 17.6. The molecule has 0 aliphatic carbocycles. The van der Waals surface area contributed by atoms with Crippen LogP contribution < -0.4 is 14.4 Å². The average molecular weight is 415 g/mol. The van der Waals surface area contributed by atoms with E-state index in [1.165, 1.54) is 0 Å². The van der Waals surface area contributed by atoms with Gasteiger partial charge in [0.05, 0.1) is 25.0 Å². The van der Waals surface area contributed by atoms with Gasteiger partial charge in [0, 0.05) is 32.7 Å². The fraction of sp³-hybridized carbons (Fsp3) is 0.435. The summed E-state index contributed by atoms with van der Waals surface area (Å²) in [6.45, 7) is 6.36. The van der Waals surface area contributed by atoms with Crippen molar-refractivity contribution < 1.29 is 24.1 Å². The van der Waals surface area contributed by atoms with Crippen LogP contribution in [0.4, 0.5) is 5.69 Å². The summed E-state index contributed by atoms with van der Waals surface area (Å²) in [7, 11) is 1.69. The van der Waals surface area contributed by atoms with Crippen molar-refractivity contribution in [2.45, 2.75) is 13.0 Å². The maximum atomic E-state index is 11.7. The van der Waals surface area contributed by atoms with Crippen LogP contribution in [-0.2, 0) is 4.74 Å². The Hall–Kier alpha value is -2.77. The smallest absolute Gasteiger partial charge is 0.338 e. The number of anilines is 1. The summed E-state index contributed by atoms with van der Waals surface area (Å²) in [5, 5.41) is 10.4. The molecule has 0 saturated carbocycles. The first-order valence-corrected chi connectivity index (χ1v) is 10.3. The molecule has 0 amide bonds. The molecule has 1 aliphatic rings. The number of piperazine rings is 1. The molecule has 162 valence electrons. The normalized spacial score (nSPS) is 15.5. The summed E-state index contributed by atoms with van der Waals surface area (Å²) < 4.78 is 16.1. The molecular weight excluding hydrogens is 384 g/mol. The van der Waals surface area contributed by atoms with E-state index in [0.717, 1.165) is 37.6 Å². The van der Waals surface area contributed by atoms with Gasteiger partial charge in [0.1, 0.15) is 24.2 Å². The second kappa shape index (κ2) is 10.8. The van der Waals surface area contributed by atoms with Gasteiger partial charge in [-0.05, 0) is 43.3 Å². The Labute approximate surface area is 177 Å². The molecule has 1 atom stereocenters. The van der Waals surface area contributed by atoms with Crippen LogP contribution >= 0.6 is 0 Å². The third-order valence-corrected chi connectivity index (χ3v) is 5.07. The van der Waals surface area contributed by atoms with Crippen LogP contribution in [0.3, 0.4) is 0 Å². The molecule has 1 aliphatic heterocycles. The maximum Gasteiger partial charge on any atom is 0.338 e. The van der Waals surface area contributed by atoms with Crippen molar-refractivity contribution in [1.82, 2.24) is 4.90 Å². The number of aliphatic hydroxyl groups excluding tert-OH is 1. The van der Waals surface area contributed by atoms with E-state index < -0.39 is 6.10 Å². The Bertz CT molecular complexity index is 803. The van der Waals surface area contributed by atoms with Gasteiger partial charge in [0.25, 0.3) is 0 Å². The van der Waals surface area contributed by atoms with Gasteiger partial charge in [-0.15, -0.1) is 0 Å². The molecule has 7 nitrogen and oxygen atoms in total. The highest BCUT2D eigenvalue weighted by molar-refractivity contribution is 5.89. The van der Waals surface area contributed by atoms with Crippen molar-refractivity contribution in [3.63, 3.8) is 0 Å². The van der Waals surface area contributed by atoms with E-state index in [9.17, 15) is 9.90 Å². The van der Waals surface area contributed by atoms with Crippen LogP contribution in [0.5, 0.6) is 11.5 Å². The molecule has 2 aromatic carbocycles. The van der Waals surface area contributed by atoms with E-state index in [4.69, 9.17) is 14.2 Å². The number of aliphatic hydroxyl groups is 1. The fourth-order valence-electron chi connectivity index (χ4n) is 3.51. The molecule has 0 bridgehead atoms. The van der Waals surface area contributed by atoms with Crippen molar-refractivity contribution in [3.05, 3.63) is 54.1 Å². The van der Waals surface area contributed by atoms with Gasteiger partial charge in [0.15, 0.2) is 0 Å². The van der Waals surface area contributed by atoms with Gasteiger partial charge in [-0.1, -0.05) is 12.1 Å². The minimum atomic E-state index is -0.590. The predicted molar refractivity (Wildman–Crippen MR) is 116 cm³/mol. The first-order valence-electron chi connectivity index (χ1n) is 10.3. The van der Waals surface area contributed by atoms with Crippen molar-refractivity contribution in [2.75, 3.05) is 57.9 Å². The summed E-state index contributed by atoms with van der Waals surface area (Å²) in [6, 6.07) is 14.8. The first-order chi connectivity index (χ1) is 14.6. The Kier molecular flexibility index (Phi) is 7.93. The molecule has 1 heterocycles. The van der Waals surface area contributed by atoms with Crippen molar-refractivity contribution in [3.8, 4) is 11.5 Å². The number of carbonyl (C=O) groups is 1. The maximum absolute atomic E-state index is 11.7. The monoisotopic (exact) mass is 414 g/mol. The Morgan fingerprint density at radius 1 is 1.07 bits per heavy atom. The number of ether oxygens (including phenoxy) is 3. The summed E-state index contributed by atoms with van der Waals surface area (Å²) in [4.78, 5) is 16.2. The van der Waals surface area contributed by atoms with Crippen LogP contribution in [-0.4, -0.2) is 75.1 Å². The van der Waals surface area contributed by atoms with E-state index in [-0.39, 0.29) is 12.6 Å². The highest BCUT2D eigenvalue weighted by Gasteiger charge is 2.21. The van der Waals surface area contributed by atoms with E-state index >= 15 is 0 Å². The second-order valence-electron chi connectivity index (χ2n) is 7.17. The highest BCUT2D eigenvalue weighted by atomic mass is 16.5.